The van der Waals surface area contributed by atoms with E-state index in [1.807, 2.05) is 20.2 Å². The highest BCUT2D eigenvalue weighted by Gasteiger charge is 2.17. The Bertz CT molecular complexity index is 394. The quantitative estimate of drug-likeness (QED) is 0.823. The highest BCUT2D eigenvalue weighted by molar-refractivity contribution is 5.55. The van der Waals surface area contributed by atoms with Gasteiger partial charge in [-0.25, -0.2) is 4.39 Å². The number of nitrogens with zero attached hydrogens (tertiary/aromatic N) is 2. The Morgan fingerprint density at radius 3 is 2.42 bits per heavy atom. The van der Waals surface area contributed by atoms with Crippen molar-refractivity contribution < 1.29 is 9.50 Å². The summed E-state index contributed by atoms with van der Waals surface area (Å²) in [6, 6.07) is 4.99. The van der Waals surface area contributed by atoms with Crippen LogP contribution in [0.2, 0.25) is 0 Å². The highest BCUT2D eigenvalue weighted by Crippen LogP contribution is 2.29. The lowest BCUT2D eigenvalue weighted by Crippen LogP contribution is -2.33. The van der Waals surface area contributed by atoms with E-state index in [0.717, 1.165) is 31.7 Å². The molecule has 0 spiro atoms. The molecule has 0 amide bonds. The maximum Gasteiger partial charge on any atom is 0.131 e. The van der Waals surface area contributed by atoms with E-state index in [0.29, 0.717) is 5.56 Å². The fourth-order valence-electron chi connectivity index (χ4n) is 2.16. The summed E-state index contributed by atoms with van der Waals surface area (Å²) in [7, 11) is 4.04. The largest absolute Gasteiger partial charge is 0.389 e. The normalized spacial score (nSPS) is 12.8. The molecule has 0 aromatic heterocycles. The molecule has 0 unspecified atom stereocenters. The monoisotopic (exact) mass is 268 g/mol. The molecule has 1 atom stereocenters. The standard InChI is InChI=1S/C15H25FN2O/c1-5-9-18(11-10-17(3)4)14-8-6-7-13(16)15(14)12(2)19/h6-8,12,19H,5,9-11H2,1-4H3/t12-/m0/s1. The van der Waals surface area contributed by atoms with Crippen molar-refractivity contribution in [2.24, 2.45) is 0 Å². The van der Waals surface area contributed by atoms with E-state index in [-0.39, 0.29) is 5.82 Å². The van der Waals surface area contributed by atoms with Crippen molar-refractivity contribution in [1.82, 2.24) is 4.90 Å². The number of rotatable bonds is 7. The minimum Gasteiger partial charge on any atom is -0.389 e. The first-order chi connectivity index (χ1) is 8.97. The molecule has 0 aliphatic heterocycles. The Kier molecular flexibility index (Phi) is 6.25. The Balaban J connectivity index is 3.04. The lowest BCUT2D eigenvalue weighted by atomic mass is 10.1. The van der Waals surface area contributed by atoms with E-state index in [2.05, 4.69) is 16.7 Å². The number of aliphatic hydroxyl groups excluding tert-OH is 1. The third kappa shape index (κ3) is 4.48. The molecule has 0 heterocycles. The average molecular weight is 268 g/mol. The summed E-state index contributed by atoms with van der Waals surface area (Å²) in [5.41, 5.74) is 1.20. The van der Waals surface area contributed by atoms with E-state index >= 15 is 0 Å². The predicted octanol–water partition coefficient (Wildman–Crippen LogP) is 2.66. The van der Waals surface area contributed by atoms with Gasteiger partial charge in [0.05, 0.1) is 6.10 Å². The lowest BCUT2D eigenvalue weighted by molar-refractivity contribution is 0.194. The van der Waals surface area contributed by atoms with Crippen molar-refractivity contribution in [3.05, 3.63) is 29.6 Å². The van der Waals surface area contributed by atoms with Crippen LogP contribution in [0.1, 0.15) is 31.9 Å². The van der Waals surface area contributed by atoms with Gasteiger partial charge in [-0.1, -0.05) is 13.0 Å². The maximum atomic E-state index is 13.9. The first-order valence-corrected chi connectivity index (χ1v) is 6.83. The van der Waals surface area contributed by atoms with Gasteiger partial charge in [-0.2, -0.15) is 0 Å². The van der Waals surface area contributed by atoms with Gasteiger partial charge in [0.15, 0.2) is 0 Å². The second kappa shape index (κ2) is 7.46. The van der Waals surface area contributed by atoms with Crippen LogP contribution in [0.4, 0.5) is 10.1 Å². The molecule has 1 rings (SSSR count). The first-order valence-electron chi connectivity index (χ1n) is 6.83. The molecule has 3 nitrogen and oxygen atoms in total. The summed E-state index contributed by atoms with van der Waals surface area (Å²) in [6.45, 7) is 6.29. The fraction of sp³-hybridized carbons (Fsp3) is 0.600. The summed E-state index contributed by atoms with van der Waals surface area (Å²) >= 11 is 0. The molecule has 0 aliphatic rings. The fourth-order valence-corrected chi connectivity index (χ4v) is 2.16. The van der Waals surface area contributed by atoms with Crippen LogP contribution in [0.5, 0.6) is 0 Å². The zero-order valence-electron chi connectivity index (χ0n) is 12.4. The number of aliphatic hydroxyl groups is 1. The molecule has 0 aliphatic carbocycles. The van der Waals surface area contributed by atoms with Crippen molar-refractivity contribution in [1.29, 1.82) is 0 Å². The smallest absolute Gasteiger partial charge is 0.131 e. The summed E-state index contributed by atoms with van der Waals surface area (Å²) < 4.78 is 13.9. The Morgan fingerprint density at radius 1 is 1.21 bits per heavy atom. The molecule has 1 aromatic carbocycles. The van der Waals surface area contributed by atoms with Crippen molar-refractivity contribution in [2.45, 2.75) is 26.4 Å². The summed E-state index contributed by atoms with van der Waals surface area (Å²) in [5, 5.41) is 9.80. The minimum atomic E-state index is -0.796. The van der Waals surface area contributed by atoms with Gasteiger partial charge in [0.2, 0.25) is 0 Å². The molecular formula is C15H25FN2O. The van der Waals surface area contributed by atoms with E-state index in [9.17, 15) is 9.50 Å². The second-order valence-electron chi connectivity index (χ2n) is 5.14. The molecule has 0 radical (unpaired) electrons. The zero-order valence-corrected chi connectivity index (χ0v) is 12.4. The second-order valence-corrected chi connectivity index (χ2v) is 5.14. The van der Waals surface area contributed by atoms with E-state index in [4.69, 9.17) is 0 Å². The van der Waals surface area contributed by atoms with Gasteiger partial charge in [0, 0.05) is 30.9 Å². The number of benzene rings is 1. The van der Waals surface area contributed by atoms with E-state index in [1.54, 1.807) is 13.0 Å². The SMILES string of the molecule is CCCN(CCN(C)C)c1cccc(F)c1[C@H](C)O. The Hall–Kier alpha value is -1.13. The molecule has 0 saturated heterocycles. The van der Waals surface area contributed by atoms with Gasteiger partial charge in [0.25, 0.3) is 0 Å². The van der Waals surface area contributed by atoms with Gasteiger partial charge in [0.1, 0.15) is 5.82 Å². The summed E-state index contributed by atoms with van der Waals surface area (Å²) in [4.78, 5) is 4.25. The van der Waals surface area contributed by atoms with Gasteiger partial charge < -0.3 is 14.9 Å². The highest BCUT2D eigenvalue weighted by atomic mass is 19.1. The van der Waals surface area contributed by atoms with Crippen LogP contribution in [0.15, 0.2) is 18.2 Å². The van der Waals surface area contributed by atoms with Gasteiger partial charge in [-0.05, 0) is 39.6 Å². The molecule has 0 saturated carbocycles. The molecular weight excluding hydrogens is 243 g/mol. The number of anilines is 1. The number of likely N-dealkylation sites (N-methyl/N-ethyl adjacent to an activating group) is 1. The van der Waals surface area contributed by atoms with Crippen LogP contribution < -0.4 is 4.90 Å². The molecule has 4 heteroatoms. The summed E-state index contributed by atoms with van der Waals surface area (Å²) in [5.74, 6) is -0.335. The maximum absolute atomic E-state index is 13.9. The van der Waals surface area contributed by atoms with Crippen LogP contribution in [0, 0.1) is 5.82 Å². The van der Waals surface area contributed by atoms with Crippen LogP contribution >= 0.6 is 0 Å². The third-order valence-corrected chi connectivity index (χ3v) is 3.10. The zero-order chi connectivity index (χ0) is 14.4. The number of halogens is 1. The van der Waals surface area contributed by atoms with E-state index in [1.165, 1.54) is 6.07 Å². The molecule has 1 N–H and O–H groups in total. The van der Waals surface area contributed by atoms with Gasteiger partial charge in [-0.3, -0.25) is 0 Å². The van der Waals surface area contributed by atoms with Crippen LogP contribution in [0.25, 0.3) is 0 Å². The Labute approximate surface area is 115 Å². The van der Waals surface area contributed by atoms with Crippen molar-refractivity contribution >= 4 is 5.69 Å². The molecule has 19 heavy (non-hydrogen) atoms. The molecule has 0 fully saturated rings. The van der Waals surface area contributed by atoms with Crippen molar-refractivity contribution in [3.8, 4) is 0 Å². The number of hydrogen-bond donors (Lipinski definition) is 1. The van der Waals surface area contributed by atoms with Gasteiger partial charge >= 0.3 is 0 Å². The number of hydrogen-bond acceptors (Lipinski definition) is 3. The van der Waals surface area contributed by atoms with Crippen LogP contribution in [-0.2, 0) is 0 Å². The molecule has 1 aromatic rings. The van der Waals surface area contributed by atoms with Crippen molar-refractivity contribution in [2.75, 3.05) is 38.6 Å². The third-order valence-electron chi connectivity index (χ3n) is 3.10. The predicted molar refractivity (Wildman–Crippen MR) is 78.1 cm³/mol. The van der Waals surface area contributed by atoms with E-state index < -0.39 is 6.10 Å². The molecule has 108 valence electrons. The first kappa shape index (κ1) is 15.9. The summed E-state index contributed by atoms with van der Waals surface area (Å²) in [6.07, 6.45) is 0.193. The van der Waals surface area contributed by atoms with Gasteiger partial charge in [-0.15, -0.1) is 0 Å². The minimum absolute atomic E-state index is 0.335. The Morgan fingerprint density at radius 2 is 1.89 bits per heavy atom. The molecule has 0 bridgehead atoms. The van der Waals surface area contributed by atoms with Crippen LogP contribution in [-0.4, -0.2) is 43.7 Å². The van der Waals surface area contributed by atoms with Crippen molar-refractivity contribution in [3.63, 3.8) is 0 Å². The van der Waals surface area contributed by atoms with Crippen LogP contribution in [0.3, 0.4) is 0 Å². The topological polar surface area (TPSA) is 26.7 Å². The average Bonchev–Trinajstić information content (AvgIpc) is 2.33. The lowest BCUT2D eigenvalue weighted by Gasteiger charge is -2.29.